The van der Waals surface area contributed by atoms with Gasteiger partial charge in [-0.05, 0) is 31.0 Å². The van der Waals surface area contributed by atoms with Crippen LogP contribution in [-0.2, 0) is 6.61 Å². The average molecular weight is 350 g/mol. The molecule has 1 atom stereocenters. The summed E-state index contributed by atoms with van der Waals surface area (Å²) in [6.45, 7) is 1.10. The van der Waals surface area contributed by atoms with Gasteiger partial charge in [0.25, 0.3) is 5.91 Å². The van der Waals surface area contributed by atoms with Gasteiger partial charge in [0.2, 0.25) is 0 Å². The van der Waals surface area contributed by atoms with E-state index in [9.17, 15) is 4.79 Å². The van der Waals surface area contributed by atoms with Crippen molar-refractivity contribution in [3.05, 3.63) is 40.7 Å². The maximum atomic E-state index is 12.9. The van der Waals surface area contributed by atoms with E-state index in [2.05, 4.69) is 15.6 Å². The van der Waals surface area contributed by atoms with E-state index < -0.39 is 0 Å². The zero-order valence-corrected chi connectivity index (χ0v) is 14.2. The van der Waals surface area contributed by atoms with Crippen molar-refractivity contribution in [2.24, 2.45) is 0 Å². The molecule has 2 heterocycles. The minimum absolute atomic E-state index is 0.0572. The van der Waals surface area contributed by atoms with Crippen LogP contribution >= 0.6 is 11.6 Å². The molecule has 128 valence electrons. The number of rotatable bonds is 4. The molecule has 1 saturated heterocycles. The number of anilines is 1. The molecular weight excluding hydrogens is 330 g/mol. The SMILES string of the molecule is CNc1ccc(Cl)c(C(=O)N2CCCC(n3cc(CO)nn3)C2)c1. The first-order valence-electron chi connectivity index (χ1n) is 7.90. The molecule has 1 aromatic heterocycles. The number of likely N-dealkylation sites (tertiary alicyclic amines) is 1. The number of aliphatic hydroxyl groups excluding tert-OH is 1. The van der Waals surface area contributed by atoms with Crippen LogP contribution in [0, 0.1) is 0 Å². The Hall–Kier alpha value is -2.12. The third-order valence-electron chi connectivity index (χ3n) is 4.26. The van der Waals surface area contributed by atoms with Crippen molar-refractivity contribution in [2.75, 3.05) is 25.5 Å². The summed E-state index contributed by atoms with van der Waals surface area (Å²) in [6.07, 6.45) is 3.53. The third-order valence-corrected chi connectivity index (χ3v) is 4.59. The number of aliphatic hydroxyl groups is 1. The lowest BCUT2D eigenvalue weighted by Crippen LogP contribution is -2.41. The lowest BCUT2D eigenvalue weighted by molar-refractivity contribution is 0.0672. The van der Waals surface area contributed by atoms with E-state index in [0.29, 0.717) is 29.4 Å². The Morgan fingerprint density at radius 3 is 3.04 bits per heavy atom. The van der Waals surface area contributed by atoms with Crippen LogP contribution in [0.5, 0.6) is 0 Å². The highest BCUT2D eigenvalue weighted by atomic mass is 35.5. The predicted octanol–water partition coefficient (Wildman–Crippen LogP) is 1.94. The summed E-state index contributed by atoms with van der Waals surface area (Å²) in [7, 11) is 1.80. The van der Waals surface area contributed by atoms with Crippen molar-refractivity contribution in [3.8, 4) is 0 Å². The smallest absolute Gasteiger partial charge is 0.255 e. The number of halogens is 1. The summed E-state index contributed by atoms with van der Waals surface area (Å²) in [5, 5.41) is 20.5. The summed E-state index contributed by atoms with van der Waals surface area (Å²) >= 11 is 6.21. The highest BCUT2D eigenvalue weighted by molar-refractivity contribution is 6.34. The van der Waals surface area contributed by atoms with Crippen molar-refractivity contribution in [2.45, 2.75) is 25.5 Å². The lowest BCUT2D eigenvalue weighted by Gasteiger charge is -2.32. The van der Waals surface area contributed by atoms with E-state index in [1.807, 2.05) is 6.07 Å². The van der Waals surface area contributed by atoms with Gasteiger partial charge in [0.1, 0.15) is 5.69 Å². The Labute approximate surface area is 145 Å². The number of hydrogen-bond acceptors (Lipinski definition) is 5. The zero-order valence-electron chi connectivity index (χ0n) is 13.4. The summed E-state index contributed by atoms with van der Waals surface area (Å²) < 4.78 is 1.73. The van der Waals surface area contributed by atoms with Crippen molar-refractivity contribution >= 4 is 23.2 Å². The molecule has 3 rings (SSSR count). The molecule has 0 radical (unpaired) electrons. The molecule has 1 aliphatic rings. The molecular formula is C16H20ClN5O2. The van der Waals surface area contributed by atoms with E-state index in [4.69, 9.17) is 16.7 Å². The van der Waals surface area contributed by atoms with E-state index in [1.165, 1.54) is 0 Å². The van der Waals surface area contributed by atoms with Gasteiger partial charge in [-0.3, -0.25) is 4.79 Å². The first-order valence-corrected chi connectivity index (χ1v) is 8.28. The maximum Gasteiger partial charge on any atom is 0.255 e. The lowest BCUT2D eigenvalue weighted by atomic mass is 10.0. The number of nitrogens with one attached hydrogen (secondary N) is 1. The van der Waals surface area contributed by atoms with Crippen LogP contribution in [0.25, 0.3) is 0 Å². The summed E-state index contributed by atoms with van der Waals surface area (Å²) in [5.41, 5.74) is 1.88. The Balaban J connectivity index is 1.78. The number of amides is 1. The molecule has 1 unspecified atom stereocenters. The number of benzene rings is 1. The molecule has 1 fully saturated rings. The highest BCUT2D eigenvalue weighted by Gasteiger charge is 2.27. The van der Waals surface area contributed by atoms with E-state index >= 15 is 0 Å². The molecule has 8 heteroatoms. The normalized spacial score (nSPS) is 17.8. The number of carbonyl (C=O) groups excluding carboxylic acids is 1. The summed E-state index contributed by atoms with van der Waals surface area (Å²) in [6, 6.07) is 5.40. The fourth-order valence-corrected chi connectivity index (χ4v) is 3.13. The number of aromatic nitrogens is 3. The Kier molecular flexibility index (Phi) is 5.01. The zero-order chi connectivity index (χ0) is 17.1. The second kappa shape index (κ2) is 7.19. The molecule has 0 saturated carbocycles. The predicted molar refractivity (Wildman–Crippen MR) is 91.1 cm³/mol. The van der Waals surface area contributed by atoms with Crippen molar-refractivity contribution in [3.63, 3.8) is 0 Å². The van der Waals surface area contributed by atoms with Gasteiger partial charge < -0.3 is 15.3 Å². The monoisotopic (exact) mass is 349 g/mol. The topological polar surface area (TPSA) is 83.3 Å². The first-order chi connectivity index (χ1) is 11.6. The first kappa shape index (κ1) is 16.7. The average Bonchev–Trinajstić information content (AvgIpc) is 3.11. The fourth-order valence-electron chi connectivity index (χ4n) is 2.93. The van der Waals surface area contributed by atoms with Crippen molar-refractivity contribution in [1.29, 1.82) is 0 Å². The van der Waals surface area contributed by atoms with Gasteiger partial charge >= 0.3 is 0 Å². The van der Waals surface area contributed by atoms with Crippen LogP contribution in [0.4, 0.5) is 5.69 Å². The molecule has 24 heavy (non-hydrogen) atoms. The Morgan fingerprint density at radius 1 is 1.50 bits per heavy atom. The number of piperidine rings is 1. The summed E-state index contributed by atoms with van der Waals surface area (Å²) in [4.78, 5) is 14.7. The number of hydrogen-bond donors (Lipinski definition) is 2. The van der Waals surface area contributed by atoms with E-state index in [1.54, 1.807) is 35.0 Å². The second-order valence-corrected chi connectivity index (χ2v) is 6.25. The molecule has 1 amide bonds. The standard InChI is InChI=1S/C16H20ClN5O2/c1-18-11-4-5-15(17)14(7-11)16(24)21-6-2-3-13(9-21)22-8-12(10-23)19-20-22/h4-5,7-8,13,18,23H,2-3,6,9-10H2,1H3. The fraction of sp³-hybridized carbons (Fsp3) is 0.438. The minimum atomic E-state index is -0.137. The molecule has 2 aromatic rings. The third kappa shape index (κ3) is 3.37. The van der Waals surface area contributed by atoms with Gasteiger partial charge in [0, 0.05) is 25.8 Å². The molecule has 0 aliphatic carbocycles. The van der Waals surface area contributed by atoms with Gasteiger partial charge in [-0.2, -0.15) is 0 Å². The number of carbonyl (C=O) groups is 1. The van der Waals surface area contributed by atoms with Gasteiger partial charge in [-0.25, -0.2) is 4.68 Å². The van der Waals surface area contributed by atoms with Crippen LogP contribution in [0.1, 0.15) is 34.9 Å². The van der Waals surface area contributed by atoms with E-state index in [0.717, 1.165) is 18.5 Å². The Bertz CT molecular complexity index is 733. The molecule has 0 bridgehead atoms. The van der Waals surface area contributed by atoms with Crippen molar-refractivity contribution in [1.82, 2.24) is 19.9 Å². The molecule has 1 aromatic carbocycles. The molecule has 2 N–H and O–H groups in total. The van der Waals surface area contributed by atoms with Crippen molar-refractivity contribution < 1.29 is 9.90 Å². The number of nitrogens with zero attached hydrogens (tertiary/aromatic N) is 4. The quantitative estimate of drug-likeness (QED) is 0.881. The highest BCUT2D eigenvalue weighted by Crippen LogP contribution is 2.26. The molecule has 0 spiro atoms. The second-order valence-electron chi connectivity index (χ2n) is 5.84. The largest absolute Gasteiger partial charge is 0.390 e. The summed E-state index contributed by atoms with van der Waals surface area (Å²) in [5.74, 6) is -0.0794. The van der Waals surface area contributed by atoms with E-state index in [-0.39, 0.29) is 18.6 Å². The molecule has 7 nitrogen and oxygen atoms in total. The van der Waals surface area contributed by atoms with Gasteiger partial charge in [-0.1, -0.05) is 16.8 Å². The van der Waals surface area contributed by atoms with Crippen LogP contribution in [0.3, 0.4) is 0 Å². The minimum Gasteiger partial charge on any atom is -0.390 e. The van der Waals surface area contributed by atoms with Gasteiger partial charge in [-0.15, -0.1) is 5.10 Å². The van der Waals surface area contributed by atoms with Crippen LogP contribution in [-0.4, -0.2) is 51.0 Å². The Morgan fingerprint density at radius 2 is 2.33 bits per heavy atom. The van der Waals surface area contributed by atoms with Gasteiger partial charge in [0.05, 0.1) is 29.4 Å². The van der Waals surface area contributed by atoms with Gasteiger partial charge in [0.15, 0.2) is 0 Å². The molecule has 1 aliphatic heterocycles. The maximum absolute atomic E-state index is 12.9. The van der Waals surface area contributed by atoms with Crippen LogP contribution < -0.4 is 5.32 Å². The van der Waals surface area contributed by atoms with Crippen LogP contribution in [0.2, 0.25) is 5.02 Å². The van der Waals surface area contributed by atoms with Crippen LogP contribution in [0.15, 0.2) is 24.4 Å².